The van der Waals surface area contributed by atoms with Crippen molar-refractivity contribution in [2.45, 2.75) is 26.7 Å². The smallest absolute Gasteiger partial charge is 0.307 e. The highest BCUT2D eigenvalue weighted by Crippen LogP contribution is 2.19. The molecule has 0 fully saturated rings. The second kappa shape index (κ2) is 4.77. The molecular weight excluding hydrogens is 291 g/mol. The van der Waals surface area contributed by atoms with Gasteiger partial charge in [0.1, 0.15) is 0 Å². The highest BCUT2D eigenvalue weighted by atomic mass is 127. The van der Waals surface area contributed by atoms with Crippen LogP contribution >= 0.6 is 22.6 Å². The zero-order valence-corrected chi connectivity index (χ0v) is 10.5. The number of aliphatic carboxylic acids is 1. The summed E-state index contributed by atoms with van der Waals surface area (Å²) < 4.78 is 1.20. The Bertz CT molecular complexity index is 359. The summed E-state index contributed by atoms with van der Waals surface area (Å²) in [4.78, 5) is 10.6. The van der Waals surface area contributed by atoms with Crippen molar-refractivity contribution in [3.05, 3.63) is 32.4 Å². The van der Waals surface area contributed by atoms with Crippen molar-refractivity contribution in [3.8, 4) is 0 Å². The van der Waals surface area contributed by atoms with Crippen molar-refractivity contribution in [2.24, 2.45) is 0 Å². The fourth-order valence-electron chi connectivity index (χ4n) is 1.44. The molecule has 0 aliphatic heterocycles. The van der Waals surface area contributed by atoms with Crippen LogP contribution in [0, 0.1) is 10.5 Å². The van der Waals surface area contributed by atoms with Crippen molar-refractivity contribution in [3.63, 3.8) is 0 Å². The highest BCUT2D eigenvalue weighted by molar-refractivity contribution is 14.1. The lowest BCUT2D eigenvalue weighted by atomic mass is 10.0. The van der Waals surface area contributed by atoms with Gasteiger partial charge in [-0.2, -0.15) is 0 Å². The Morgan fingerprint density at radius 2 is 2.07 bits per heavy atom. The van der Waals surface area contributed by atoms with Gasteiger partial charge in [0.2, 0.25) is 0 Å². The van der Waals surface area contributed by atoms with E-state index in [0.717, 1.165) is 23.1 Å². The molecule has 1 rings (SSSR count). The number of carbonyl (C=O) groups is 1. The lowest BCUT2D eigenvalue weighted by Crippen LogP contribution is -2.04. The minimum absolute atomic E-state index is 0.126. The van der Waals surface area contributed by atoms with Gasteiger partial charge in [-0.15, -0.1) is 0 Å². The molecule has 0 aromatic heterocycles. The summed E-state index contributed by atoms with van der Waals surface area (Å²) >= 11 is 2.28. The number of rotatable bonds is 3. The molecule has 0 saturated heterocycles. The molecule has 2 nitrogen and oxygen atoms in total. The maximum Gasteiger partial charge on any atom is 0.307 e. The predicted octanol–water partition coefficient (Wildman–Crippen LogP) is 2.79. The molecule has 14 heavy (non-hydrogen) atoms. The molecular formula is C11H13IO2. The van der Waals surface area contributed by atoms with Gasteiger partial charge in [0, 0.05) is 3.57 Å². The normalized spacial score (nSPS) is 10.2. The number of carboxylic acid groups (broad SMARTS) is 1. The van der Waals surface area contributed by atoms with Crippen LogP contribution < -0.4 is 0 Å². The molecule has 0 unspecified atom stereocenters. The summed E-state index contributed by atoms with van der Waals surface area (Å²) in [6.07, 6.45) is 1.01. The monoisotopic (exact) mass is 304 g/mol. The van der Waals surface area contributed by atoms with Gasteiger partial charge in [-0.1, -0.05) is 13.0 Å². The Morgan fingerprint density at radius 3 is 2.57 bits per heavy atom. The summed E-state index contributed by atoms with van der Waals surface area (Å²) in [7, 11) is 0. The fourth-order valence-corrected chi connectivity index (χ4v) is 1.97. The molecule has 0 radical (unpaired) electrons. The topological polar surface area (TPSA) is 37.3 Å². The van der Waals surface area contributed by atoms with Crippen LogP contribution in [0.4, 0.5) is 0 Å². The van der Waals surface area contributed by atoms with Crippen molar-refractivity contribution >= 4 is 28.6 Å². The van der Waals surface area contributed by atoms with Crippen LogP contribution in [0.1, 0.15) is 23.6 Å². The van der Waals surface area contributed by atoms with Crippen molar-refractivity contribution in [1.29, 1.82) is 0 Å². The number of carboxylic acids is 1. The molecule has 1 N–H and O–H groups in total. The van der Waals surface area contributed by atoms with E-state index < -0.39 is 5.97 Å². The molecule has 0 aliphatic carbocycles. The van der Waals surface area contributed by atoms with E-state index >= 15 is 0 Å². The molecule has 1 aromatic carbocycles. The average molecular weight is 304 g/mol. The van der Waals surface area contributed by atoms with E-state index in [4.69, 9.17) is 5.11 Å². The maximum absolute atomic E-state index is 10.6. The maximum atomic E-state index is 10.6. The average Bonchev–Trinajstić information content (AvgIpc) is 2.10. The number of benzene rings is 1. The molecule has 0 heterocycles. The molecule has 0 bridgehead atoms. The van der Waals surface area contributed by atoms with E-state index in [9.17, 15) is 4.79 Å². The van der Waals surface area contributed by atoms with Crippen LogP contribution in [0.3, 0.4) is 0 Å². The summed E-state index contributed by atoms with van der Waals surface area (Å²) in [5.74, 6) is -0.764. The van der Waals surface area contributed by atoms with Crippen molar-refractivity contribution in [1.82, 2.24) is 0 Å². The Morgan fingerprint density at radius 1 is 1.43 bits per heavy atom. The Labute approximate surface area is 97.5 Å². The molecule has 1 aromatic rings. The Kier molecular flexibility index (Phi) is 3.92. The van der Waals surface area contributed by atoms with Gasteiger partial charge in [-0.05, 0) is 58.7 Å². The van der Waals surface area contributed by atoms with Crippen LogP contribution in [-0.2, 0) is 17.6 Å². The minimum atomic E-state index is -0.764. The lowest BCUT2D eigenvalue weighted by molar-refractivity contribution is -0.136. The SMILES string of the molecule is CCc1cc(I)c(C)cc1CC(=O)O. The van der Waals surface area contributed by atoms with Crippen LogP contribution in [0.15, 0.2) is 12.1 Å². The van der Waals surface area contributed by atoms with E-state index in [1.165, 1.54) is 3.57 Å². The van der Waals surface area contributed by atoms with E-state index in [-0.39, 0.29) is 6.42 Å². The summed E-state index contributed by atoms with van der Waals surface area (Å²) in [5.41, 5.74) is 3.24. The third-order valence-electron chi connectivity index (χ3n) is 2.20. The van der Waals surface area contributed by atoms with Crippen molar-refractivity contribution in [2.75, 3.05) is 0 Å². The van der Waals surface area contributed by atoms with E-state index in [2.05, 4.69) is 28.7 Å². The van der Waals surface area contributed by atoms with Crippen LogP contribution in [-0.4, -0.2) is 11.1 Å². The van der Waals surface area contributed by atoms with Gasteiger partial charge in [0.05, 0.1) is 6.42 Å². The first kappa shape index (κ1) is 11.5. The molecule has 0 atom stereocenters. The first-order valence-corrected chi connectivity index (χ1v) is 5.62. The highest BCUT2D eigenvalue weighted by Gasteiger charge is 2.07. The fraction of sp³-hybridized carbons (Fsp3) is 0.364. The molecule has 0 saturated carbocycles. The summed E-state index contributed by atoms with van der Waals surface area (Å²) in [6, 6.07) is 4.06. The quantitative estimate of drug-likeness (QED) is 0.872. The third kappa shape index (κ3) is 2.70. The first-order chi connectivity index (χ1) is 6.54. The first-order valence-electron chi connectivity index (χ1n) is 4.54. The van der Waals surface area contributed by atoms with E-state index in [1.807, 2.05) is 19.9 Å². The standard InChI is InChI=1S/C11H13IO2/c1-3-8-5-10(12)7(2)4-9(8)6-11(13)14/h4-5H,3,6H2,1-2H3,(H,13,14). The second-order valence-corrected chi connectivity index (χ2v) is 4.46. The van der Waals surface area contributed by atoms with Gasteiger partial charge < -0.3 is 5.11 Å². The van der Waals surface area contributed by atoms with Crippen LogP contribution in [0.25, 0.3) is 0 Å². The largest absolute Gasteiger partial charge is 0.481 e. The minimum Gasteiger partial charge on any atom is -0.481 e. The Balaban J connectivity index is 3.13. The van der Waals surface area contributed by atoms with E-state index in [0.29, 0.717) is 0 Å². The summed E-state index contributed by atoms with van der Waals surface area (Å²) in [6.45, 7) is 4.05. The molecule has 0 amide bonds. The van der Waals surface area contributed by atoms with Gasteiger partial charge in [-0.25, -0.2) is 0 Å². The number of halogens is 1. The number of aryl methyl sites for hydroxylation is 2. The number of hydrogen-bond donors (Lipinski definition) is 1. The number of hydrogen-bond acceptors (Lipinski definition) is 1. The second-order valence-electron chi connectivity index (χ2n) is 3.29. The van der Waals surface area contributed by atoms with Crippen LogP contribution in [0.5, 0.6) is 0 Å². The van der Waals surface area contributed by atoms with Crippen molar-refractivity contribution < 1.29 is 9.90 Å². The third-order valence-corrected chi connectivity index (χ3v) is 3.37. The van der Waals surface area contributed by atoms with Gasteiger partial charge in [0.25, 0.3) is 0 Å². The predicted molar refractivity (Wildman–Crippen MR) is 64.6 cm³/mol. The van der Waals surface area contributed by atoms with Gasteiger partial charge in [-0.3, -0.25) is 4.79 Å². The molecule has 0 aliphatic rings. The molecule has 76 valence electrons. The molecule has 3 heteroatoms. The van der Waals surface area contributed by atoms with E-state index in [1.54, 1.807) is 0 Å². The Hall–Kier alpha value is -0.580. The van der Waals surface area contributed by atoms with Crippen LogP contribution in [0.2, 0.25) is 0 Å². The lowest BCUT2D eigenvalue weighted by Gasteiger charge is -2.08. The zero-order valence-electron chi connectivity index (χ0n) is 8.30. The zero-order chi connectivity index (χ0) is 10.7. The van der Waals surface area contributed by atoms with Gasteiger partial charge >= 0.3 is 5.97 Å². The van der Waals surface area contributed by atoms with Gasteiger partial charge in [0.15, 0.2) is 0 Å². The molecule has 0 spiro atoms. The summed E-state index contributed by atoms with van der Waals surface area (Å²) in [5, 5.41) is 8.75.